The minimum absolute atomic E-state index is 0.0219. The fourth-order valence-electron chi connectivity index (χ4n) is 2.42. The Morgan fingerprint density at radius 1 is 1.41 bits per heavy atom. The van der Waals surface area contributed by atoms with E-state index in [0.29, 0.717) is 5.56 Å². The third-order valence-corrected chi connectivity index (χ3v) is 3.28. The second kappa shape index (κ2) is 4.40. The van der Waals surface area contributed by atoms with Crippen molar-refractivity contribution >= 4 is 5.91 Å². The summed E-state index contributed by atoms with van der Waals surface area (Å²) in [6.07, 6.45) is 2.22. The van der Waals surface area contributed by atoms with E-state index in [0.717, 1.165) is 25.9 Å². The molecule has 3 nitrogen and oxygen atoms in total. The molecular weight excluding hydrogens is 214 g/mol. The Balaban J connectivity index is 2.15. The molecule has 1 N–H and O–H groups in total. The first kappa shape index (κ1) is 12.0. The number of nitrogens with zero attached hydrogens (tertiary/aromatic N) is 1. The van der Waals surface area contributed by atoms with Crippen molar-refractivity contribution in [3.05, 3.63) is 29.8 Å². The highest BCUT2D eigenvalue weighted by Gasteiger charge is 2.29. The van der Waals surface area contributed by atoms with Crippen LogP contribution in [0.5, 0.6) is 5.75 Å². The zero-order valence-electron chi connectivity index (χ0n) is 10.4. The molecule has 1 aromatic carbocycles. The van der Waals surface area contributed by atoms with Crippen LogP contribution in [0.1, 0.15) is 37.0 Å². The summed E-state index contributed by atoms with van der Waals surface area (Å²) < 4.78 is 0. The maximum atomic E-state index is 12.3. The molecule has 1 aromatic rings. The SMILES string of the molecule is CC1(C)CCCN(C(=O)c2cccc(O)c2)C1. The number of hydrogen-bond acceptors (Lipinski definition) is 2. The van der Waals surface area contributed by atoms with Crippen LogP contribution in [-0.2, 0) is 0 Å². The van der Waals surface area contributed by atoms with E-state index in [9.17, 15) is 9.90 Å². The Morgan fingerprint density at radius 3 is 2.82 bits per heavy atom. The Bertz CT molecular complexity index is 426. The van der Waals surface area contributed by atoms with Gasteiger partial charge in [0.15, 0.2) is 0 Å². The molecule has 0 saturated carbocycles. The van der Waals surface area contributed by atoms with E-state index in [-0.39, 0.29) is 17.1 Å². The van der Waals surface area contributed by atoms with Gasteiger partial charge >= 0.3 is 0 Å². The molecule has 0 aromatic heterocycles. The van der Waals surface area contributed by atoms with Gasteiger partial charge in [-0.3, -0.25) is 4.79 Å². The zero-order valence-corrected chi connectivity index (χ0v) is 10.4. The largest absolute Gasteiger partial charge is 0.508 e. The fraction of sp³-hybridized carbons (Fsp3) is 0.500. The number of likely N-dealkylation sites (tertiary alicyclic amines) is 1. The number of hydrogen-bond donors (Lipinski definition) is 1. The molecular formula is C14H19NO2. The third-order valence-electron chi connectivity index (χ3n) is 3.28. The van der Waals surface area contributed by atoms with Crippen LogP contribution in [0.15, 0.2) is 24.3 Å². The van der Waals surface area contributed by atoms with Crippen LogP contribution in [-0.4, -0.2) is 29.0 Å². The molecule has 1 fully saturated rings. The van der Waals surface area contributed by atoms with Gasteiger partial charge in [-0.15, -0.1) is 0 Å². The van der Waals surface area contributed by atoms with Gasteiger partial charge in [0.05, 0.1) is 0 Å². The summed E-state index contributed by atoms with van der Waals surface area (Å²) >= 11 is 0. The van der Waals surface area contributed by atoms with Gasteiger partial charge < -0.3 is 10.0 Å². The number of carbonyl (C=O) groups excluding carboxylic acids is 1. The van der Waals surface area contributed by atoms with E-state index >= 15 is 0 Å². The van der Waals surface area contributed by atoms with Gasteiger partial charge in [-0.1, -0.05) is 19.9 Å². The standard InChI is InChI=1S/C14H19NO2/c1-14(2)7-4-8-15(10-14)13(17)11-5-3-6-12(16)9-11/h3,5-6,9,16H,4,7-8,10H2,1-2H3. The lowest BCUT2D eigenvalue weighted by molar-refractivity contribution is 0.0583. The summed E-state index contributed by atoms with van der Waals surface area (Å²) in [4.78, 5) is 14.1. The van der Waals surface area contributed by atoms with Gasteiger partial charge in [-0.2, -0.15) is 0 Å². The summed E-state index contributed by atoms with van der Waals surface area (Å²) in [5, 5.41) is 9.39. The average Bonchev–Trinajstić information content (AvgIpc) is 2.26. The molecule has 1 heterocycles. The molecule has 0 spiro atoms. The minimum atomic E-state index is 0.0219. The van der Waals surface area contributed by atoms with Crippen molar-refractivity contribution in [3.63, 3.8) is 0 Å². The number of benzene rings is 1. The van der Waals surface area contributed by atoms with Crippen molar-refractivity contribution in [2.45, 2.75) is 26.7 Å². The molecule has 1 aliphatic heterocycles. The third kappa shape index (κ3) is 2.78. The first-order chi connectivity index (χ1) is 7.98. The van der Waals surface area contributed by atoms with E-state index in [1.54, 1.807) is 18.2 Å². The van der Waals surface area contributed by atoms with Gasteiger partial charge in [0.25, 0.3) is 5.91 Å². The molecule has 0 unspecified atom stereocenters. The molecule has 1 amide bonds. The van der Waals surface area contributed by atoms with Crippen molar-refractivity contribution in [1.29, 1.82) is 0 Å². The Hall–Kier alpha value is -1.51. The lowest BCUT2D eigenvalue weighted by Gasteiger charge is -2.38. The van der Waals surface area contributed by atoms with Crippen LogP contribution in [0.25, 0.3) is 0 Å². The molecule has 0 atom stereocenters. The lowest BCUT2D eigenvalue weighted by atomic mass is 9.84. The van der Waals surface area contributed by atoms with E-state index in [1.807, 2.05) is 4.90 Å². The summed E-state index contributed by atoms with van der Waals surface area (Å²) in [7, 11) is 0. The van der Waals surface area contributed by atoms with Gasteiger partial charge in [-0.25, -0.2) is 0 Å². The second-order valence-corrected chi connectivity index (χ2v) is 5.54. The topological polar surface area (TPSA) is 40.5 Å². The Labute approximate surface area is 102 Å². The maximum absolute atomic E-state index is 12.3. The number of phenolic OH excluding ortho intramolecular Hbond substituents is 1. The number of amides is 1. The average molecular weight is 233 g/mol. The summed E-state index contributed by atoms with van der Waals surface area (Å²) in [6, 6.07) is 6.57. The highest BCUT2D eigenvalue weighted by molar-refractivity contribution is 5.94. The van der Waals surface area contributed by atoms with Crippen molar-refractivity contribution in [2.75, 3.05) is 13.1 Å². The zero-order chi connectivity index (χ0) is 12.5. The van der Waals surface area contributed by atoms with E-state index in [4.69, 9.17) is 0 Å². The molecule has 0 bridgehead atoms. The van der Waals surface area contributed by atoms with Gasteiger partial charge in [-0.05, 0) is 36.5 Å². The van der Waals surface area contributed by atoms with Gasteiger partial charge in [0.2, 0.25) is 0 Å². The van der Waals surface area contributed by atoms with Crippen LogP contribution in [0.2, 0.25) is 0 Å². The van der Waals surface area contributed by atoms with Gasteiger partial charge in [0.1, 0.15) is 5.75 Å². The molecule has 17 heavy (non-hydrogen) atoms. The molecule has 3 heteroatoms. The fourth-order valence-corrected chi connectivity index (χ4v) is 2.42. The predicted octanol–water partition coefficient (Wildman–Crippen LogP) is 2.65. The second-order valence-electron chi connectivity index (χ2n) is 5.54. The Kier molecular flexibility index (Phi) is 3.09. The van der Waals surface area contributed by atoms with E-state index in [2.05, 4.69) is 13.8 Å². The highest BCUT2D eigenvalue weighted by atomic mass is 16.3. The molecule has 0 aliphatic carbocycles. The normalized spacial score (nSPS) is 19.1. The van der Waals surface area contributed by atoms with Crippen molar-refractivity contribution < 1.29 is 9.90 Å². The number of aromatic hydroxyl groups is 1. The summed E-state index contributed by atoms with van der Waals surface area (Å²) in [6.45, 7) is 5.99. The first-order valence-corrected chi connectivity index (χ1v) is 6.06. The van der Waals surface area contributed by atoms with Crippen molar-refractivity contribution in [2.24, 2.45) is 5.41 Å². The molecule has 0 radical (unpaired) electrons. The minimum Gasteiger partial charge on any atom is -0.508 e. The molecule has 2 rings (SSSR count). The van der Waals surface area contributed by atoms with Crippen LogP contribution >= 0.6 is 0 Å². The van der Waals surface area contributed by atoms with Crippen LogP contribution in [0, 0.1) is 5.41 Å². The highest BCUT2D eigenvalue weighted by Crippen LogP contribution is 2.29. The number of piperidine rings is 1. The predicted molar refractivity (Wildman–Crippen MR) is 67.0 cm³/mol. The lowest BCUT2D eigenvalue weighted by Crippen LogP contribution is -2.43. The van der Waals surface area contributed by atoms with Crippen molar-refractivity contribution in [3.8, 4) is 5.75 Å². The Morgan fingerprint density at radius 2 is 2.18 bits per heavy atom. The van der Waals surface area contributed by atoms with Crippen LogP contribution in [0.4, 0.5) is 0 Å². The van der Waals surface area contributed by atoms with E-state index in [1.165, 1.54) is 6.07 Å². The summed E-state index contributed by atoms with van der Waals surface area (Å²) in [5.41, 5.74) is 0.771. The van der Waals surface area contributed by atoms with Crippen molar-refractivity contribution in [1.82, 2.24) is 4.90 Å². The van der Waals surface area contributed by atoms with E-state index < -0.39 is 0 Å². The summed E-state index contributed by atoms with van der Waals surface area (Å²) in [5.74, 6) is 0.167. The number of carbonyl (C=O) groups is 1. The molecule has 1 saturated heterocycles. The first-order valence-electron chi connectivity index (χ1n) is 6.06. The maximum Gasteiger partial charge on any atom is 0.254 e. The molecule has 92 valence electrons. The number of rotatable bonds is 1. The quantitative estimate of drug-likeness (QED) is 0.810. The van der Waals surface area contributed by atoms with Crippen LogP contribution < -0.4 is 0 Å². The number of phenols is 1. The monoisotopic (exact) mass is 233 g/mol. The van der Waals surface area contributed by atoms with Crippen LogP contribution in [0.3, 0.4) is 0 Å². The smallest absolute Gasteiger partial charge is 0.254 e. The van der Waals surface area contributed by atoms with Gasteiger partial charge in [0, 0.05) is 18.7 Å². The molecule has 1 aliphatic rings.